The van der Waals surface area contributed by atoms with Gasteiger partial charge < -0.3 is 9.84 Å². The number of carbonyl (C=O) groups excluding carboxylic acids is 1. The van der Waals surface area contributed by atoms with Crippen molar-refractivity contribution in [1.29, 1.82) is 0 Å². The lowest BCUT2D eigenvalue weighted by Gasteiger charge is -2.05. The summed E-state index contributed by atoms with van der Waals surface area (Å²) in [6.45, 7) is 3.70. The molecule has 0 aromatic carbocycles. The predicted molar refractivity (Wildman–Crippen MR) is 79.9 cm³/mol. The molecule has 0 saturated carbocycles. The Morgan fingerprint density at radius 3 is 2.87 bits per heavy atom. The minimum atomic E-state index is -0.145. The predicted octanol–water partition coefficient (Wildman–Crippen LogP) is 1.23. The normalized spacial score (nSPS) is 10.7. The maximum Gasteiger partial charge on any atom is 0.225 e. The van der Waals surface area contributed by atoms with Gasteiger partial charge in [0.25, 0.3) is 0 Å². The number of nitrogens with zero attached hydrogens (tertiary/aromatic N) is 6. The Balaban J connectivity index is 1.63. The highest BCUT2D eigenvalue weighted by Gasteiger charge is 2.12. The van der Waals surface area contributed by atoms with Crippen LogP contribution in [0.4, 0.5) is 5.82 Å². The topological polar surface area (TPSA) is 112 Å². The van der Waals surface area contributed by atoms with Gasteiger partial charge in [0.05, 0.1) is 5.69 Å². The third kappa shape index (κ3) is 3.39. The molecule has 0 radical (unpaired) electrons. The number of rotatable bonds is 5. The first kappa shape index (κ1) is 14.8. The van der Waals surface area contributed by atoms with Gasteiger partial charge in [0.15, 0.2) is 5.82 Å². The van der Waals surface area contributed by atoms with Crippen molar-refractivity contribution in [2.75, 3.05) is 5.32 Å². The van der Waals surface area contributed by atoms with E-state index in [9.17, 15) is 4.79 Å². The summed E-state index contributed by atoms with van der Waals surface area (Å²) in [5.74, 6) is 1.53. The minimum Gasteiger partial charge on any atom is -0.361 e. The average molecular weight is 313 g/mol. The molecule has 0 bridgehead atoms. The Labute approximate surface area is 131 Å². The summed E-state index contributed by atoms with van der Waals surface area (Å²) in [4.78, 5) is 24.0. The number of carbonyl (C=O) groups is 1. The van der Waals surface area contributed by atoms with Gasteiger partial charge in [-0.15, -0.1) is 0 Å². The van der Waals surface area contributed by atoms with E-state index in [-0.39, 0.29) is 5.91 Å². The van der Waals surface area contributed by atoms with E-state index < -0.39 is 0 Å². The van der Waals surface area contributed by atoms with Crippen LogP contribution in [-0.4, -0.2) is 35.8 Å². The van der Waals surface area contributed by atoms with Crippen molar-refractivity contribution in [3.63, 3.8) is 0 Å². The molecule has 118 valence electrons. The highest BCUT2D eigenvalue weighted by Crippen LogP contribution is 2.15. The van der Waals surface area contributed by atoms with Crippen molar-refractivity contribution < 1.29 is 9.32 Å². The van der Waals surface area contributed by atoms with Crippen molar-refractivity contribution in [1.82, 2.24) is 29.9 Å². The average Bonchev–Trinajstić information content (AvgIpc) is 3.17. The molecule has 1 N–H and O–H groups in total. The molecule has 3 aromatic rings. The fraction of sp³-hybridized carbons (Fsp3) is 0.286. The molecule has 3 heterocycles. The SMILES string of the molecule is Cc1noc(C)c1CCC(=O)Nc1cc(-n2cncn2)ncn1. The second kappa shape index (κ2) is 6.34. The Hall–Kier alpha value is -3.10. The lowest BCUT2D eigenvalue weighted by molar-refractivity contribution is -0.116. The van der Waals surface area contributed by atoms with E-state index in [4.69, 9.17) is 4.52 Å². The summed E-state index contributed by atoms with van der Waals surface area (Å²) in [7, 11) is 0. The van der Waals surface area contributed by atoms with Crippen LogP contribution in [0.2, 0.25) is 0 Å². The number of amides is 1. The Morgan fingerprint density at radius 2 is 2.17 bits per heavy atom. The van der Waals surface area contributed by atoms with E-state index in [0.29, 0.717) is 24.5 Å². The number of hydrogen-bond donors (Lipinski definition) is 1. The standard InChI is InChI=1S/C14H15N7O2/c1-9-11(10(2)23-20-9)3-4-14(22)19-12-5-13(17-7-16-12)21-8-15-6-18-21/h5-8H,3-4H2,1-2H3,(H,16,17,19,22). The van der Waals surface area contributed by atoms with Crippen LogP contribution < -0.4 is 5.32 Å². The summed E-state index contributed by atoms with van der Waals surface area (Å²) < 4.78 is 6.57. The summed E-state index contributed by atoms with van der Waals surface area (Å²) in [5, 5.41) is 10.6. The van der Waals surface area contributed by atoms with E-state index in [0.717, 1.165) is 17.0 Å². The number of hydrogen-bond acceptors (Lipinski definition) is 7. The highest BCUT2D eigenvalue weighted by molar-refractivity contribution is 5.90. The molecule has 3 aromatic heterocycles. The van der Waals surface area contributed by atoms with Crippen molar-refractivity contribution in [3.05, 3.63) is 42.1 Å². The second-order valence-electron chi connectivity index (χ2n) is 4.95. The Kier molecular flexibility index (Phi) is 4.09. The summed E-state index contributed by atoms with van der Waals surface area (Å²) in [5.41, 5.74) is 1.77. The largest absolute Gasteiger partial charge is 0.361 e. The number of anilines is 1. The van der Waals surface area contributed by atoms with E-state index in [2.05, 4.69) is 30.5 Å². The Bertz CT molecular complexity index is 791. The zero-order chi connectivity index (χ0) is 16.2. The van der Waals surface area contributed by atoms with E-state index in [1.807, 2.05) is 13.8 Å². The van der Waals surface area contributed by atoms with Crippen molar-refractivity contribution in [2.24, 2.45) is 0 Å². The fourth-order valence-corrected chi connectivity index (χ4v) is 2.17. The molecular formula is C14H15N7O2. The molecule has 0 saturated heterocycles. The van der Waals surface area contributed by atoms with Crippen LogP contribution in [-0.2, 0) is 11.2 Å². The van der Waals surface area contributed by atoms with Gasteiger partial charge in [0.2, 0.25) is 5.91 Å². The van der Waals surface area contributed by atoms with Crippen molar-refractivity contribution in [3.8, 4) is 5.82 Å². The first-order chi connectivity index (χ1) is 11.1. The summed E-state index contributed by atoms with van der Waals surface area (Å²) in [6.07, 6.45) is 5.16. The molecule has 0 unspecified atom stereocenters. The highest BCUT2D eigenvalue weighted by atomic mass is 16.5. The Morgan fingerprint density at radius 1 is 1.30 bits per heavy atom. The van der Waals surface area contributed by atoms with Gasteiger partial charge >= 0.3 is 0 Å². The van der Waals surface area contributed by atoms with Crippen LogP contribution >= 0.6 is 0 Å². The molecule has 0 aliphatic rings. The first-order valence-corrected chi connectivity index (χ1v) is 7.02. The van der Waals surface area contributed by atoms with Crippen LogP contribution in [0.1, 0.15) is 23.4 Å². The van der Waals surface area contributed by atoms with Gasteiger partial charge in [-0.25, -0.2) is 19.6 Å². The first-order valence-electron chi connectivity index (χ1n) is 7.02. The number of aromatic nitrogens is 6. The van der Waals surface area contributed by atoms with Crippen molar-refractivity contribution in [2.45, 2.75) is 26.7 Å². The molecular weight excluding hydrogens is 298 g/mol. The lowest BCUT2D eigenvalue weighted by atomic mass is 10.1. The van der Waals surface area contributed by atoms with Gasteiger partial charge in [-0.05, 0) is 20.3 Å². The van der Waals surface area contributed by atoms with Gasteiger partial charge in [0, 0.05) is 18.1 Å². The molecule has 0 aliphatic carbocycles. The van der Waals surface area contributed by atoms with Crippen LogP contribution in [0.25, 0.3) is 5.82 Å². The zero-order valence-corrected chi connectivity index (χ0v) is 12.7. The van der Waals surface area contributed by atoms with Crippen LogP contribution in [0.5, 0.6) is 0 Å². The minimum absolute atomic E-state index is 0.145. The van der Waals surface area contributed by atoms with Crippen LogP contribution in [0.3, 0.4) is 0 Å². The molecule has 1 amide bonds. The maximum atomic E-state index is 12.1. The fourth-order valence-electron chi connectivity index (χ4n) is 2.17. The molecule has 0 atom stereocenters. The lowest BCUT2D eigenvalue weighted by Crippen LogP contribution is -2.14. The summed E-state index contributed by atoms with van der Waals surface area (Å²) >= 11 is 0. The quantitative estimate of drug-likeness (QED) is 0.754. The van der Waals surface area contributed by atoms with E-state index in [1.54, 1.807) is 6.07 Å². The number of nitrogens with one attached hydrogen (secondary N) is 1. The molecule has 0 spiro atoms. The third-order valence-electron chi connectivity index (χ3n) is 3.36. The van der Waals surface area contributed by atoms with Gasteiger partial charge in [0.1, 0.15) is 30.6 Å². The van der Waals surface area contributed by atoms with Crippen LogP contribution in [0.15, 0.2) is 29.6 Å². The monoisotopic (exact) mass is 313 g/mol. The molecule has 9 heteroatoms. The van der Waals surface area contributed by atoms with Crippen LogP contribution in [0, 0.1) is 13.8 Å². The molecule has 23 heavy (non-hydrogen) atoms. The molecule has 3 rings (SSSR count). The molecule has 9 nitrogen and oxygen atoms in total. The van der Waals surface area contributed by atoms with E-state index in [1.165, 1.54) is 23.7 Å². The molecule has 0 aliphatic heterocycles. The second-order valence-corrected chi connectivity index (χ2v) is 4.95. The van der Waals surface area contributed by atoms with Crippen molar-refractivity contribution >= 4 is 11.7 Å². The number of aryl methyl sites for hydroxylation is 2. The van der Waals surface area contributed by atoms with Gasteiger partial charge in [-0.2, -0.15) is 5.10 Å². The zero-order valence-electron chi connectivity index (χ0n) is 12.7. The van der Waals surface area contributed by atoms with Gasteiger partial charge in [-0.1, -0.05) is 5.16 Å². The molecule has 0 fully saturated rings. The van der Waals surface area contributed by atoms with E-state index >= 15 is 0 Å². The smallest absolute Gasteiger partial charge is 0.225 e. The third-order valence-corrected chi connectivity index (χ3v) is 3.36. The van der Waals surface area contributed by atoms with Gasteiger partial charge in [-0.3, -0.25) is 4.79 Å². The maximum absolute atomic E-state index is 12.1. The summed E-state index contributed by atoms with van der Waals surface area (Å²) in [6, 6.07) is 1.63.